The molecule has 1 fully saturated rings. The van der Waals surface area contributed by atoms with Gasteiger partial charge in [0.15, 0.2) is 11.6 Å². The number of likely N-dealkylation sites (tertiary alicyclic amines) is 1. The second kappa shape index (κ2) is 6.42. The molecule has 2 rings (SSSR count). The lowest BCUT2D eigenvalue weighted by Crippen LogP contribution is -2.47. The molecule has 1 heterocycles. The molecule has 1 aliphatic rings. The van der Waals surface area contributed by atoms with E-state index in [2.05, 4.69) is 0 Å². The lowest BCUT2D eigenvalue weighted by molar-refractivity contribution is 0.00338. The topological polar surface area (TPSA) is 29.5 Å². The van der Waals surface area contributed by atoms with E-state index in [0.717, 1.165) is 12.1 Å². The monoisotopic (exact) mass is 329 g/mol. The third-order valence-electron chi connectivity index (χ3n) is 3.82. The van der Waals surface area contributed by atoms with E-state index in [1.165, 1.54) is 11.0 Å². The first-order valence-corrected chi connectivity index (χ1v) is 7.69. The third-order valence-corrected chi connectivity index (χ3v) is 3.82. The maximum atomic E-state index is 14.9. The fourth-order valence-electron chi connectivity index (χ4n) is 2.61. The Morgan fingerprint density at radius 2 is 1.83 bits per heavy atom. The minimum atomic E-state index is -1.53. The minimum absolute atomic E-state index is 0.00631. The van der Waals surface area contributed by atoms with Crippen molar-refractivity contribution in [2.45, 2.75) is 51.3 Å². The second-order valence-electron chi connectivity index (χ2n) is 7.04. The number of ether oxygens (including phenoxy) is 1. The summed E-state index contributed by atoms with van der Waals surface area (Å²) >= 11 is 0. The van der Waals surface area contributed by atoms with Gasteiger partial charge in [-0.3, -0.25) is 0 Å². The van der Waals surface area contributed by atoms with Gasteiger partial charge in [-0.2, -0.15) is 0 Å². The van der Waals surface area contributed by atoms with Crippen LogP contribution in [0.5, 0.6) is 0 Å². The van der Waals surface area contributed by atoms with Crippen molar-refractivity contribution in [3.63, 3.8) is 0 Å². The van der Waals surface area contributed by atoms with Crippen LogP contribution >= 0.6 is 0 Å². The number of hydrogen-bond donors (Lipinski definition) is 0. The summed E-state index contributed by atoms with van der Waals surface area (Å²) in [6.07, 6.45) is -0.157. The minimum Gasteiger partial charge on any atom is -0.444 e. The van der Waals surface area contributed by atoms with Crippen molar-refractivity contribution < 1.29 is 22.7 Å². The molecule has 1 saturated heterocycles. The normalized spacial score (nSPS) is 17.9. The number of carbonyl (C=O) groups is 1. The highest BCUT2D eigenvalue weighted by atomic mass is 19.2. The zero-order valence-electron chi connectivity index (χ0n) is 13.7. The first-order chi connectivity index (χ1) is 10.6. The summed E-state index contributed by atoms with van der Waals surface area (Å²) in [6, 6.07) is 3.42. The fraction of sp³-hybridized carbons (Fsp3) is 0.588. The molecule has 3 nitrogen and oxygen atoms in total. The van der Waals surface area contributed by atoms with Crippen LogP contribution in [0, 0.1) is 11.6 Å². The predicted octanol–water partition coefficient (Wildman–Crippen LogP) is 4.25. The van der Waals surface area contributed by atoms with Gasteiger partial charge in [0.05, 0.1) is 0 Å². The van der Waals surface area contributed by atoms with Gasteiger partial charge in [-0.15, -0.1) is 0 Å². The summed E-state index contributed by atoms with van der Waals surface area (Å²) < 4.78 is 46.3. The summed E-state index contributed by atoms with van der Waals surface area (Å²) in [4.78, 5) is 13.4. The summed E-state index contributed by atoms with van der Waals surface area (Å²) in [5.74, 6) is -1.92. The molecule has 0 N–H and O–H groups in total. The van der Waals surface area contributed by atoms with Crippen LogP contribution in [0.3, 0.4) is 0 Å². The zero-order valence-corrected chi connectivity index (χ0v) is 13.7. The number of carbonyl (C=O) groups excluding carboxylic acids is 1. The Morgan fingerprint density at radius 3 is 2.35 bits per heavy atom. The number of nitrogens with zero attached hydrogens (tertiary/aromatic N) is 1. The Bertz CT molecular complexity index is 576. The number of halogens is 3. The van der Waals surface area contributed by atoms with Crippen LogP contribution < -0.4 is 0 Å². The van der Waals surface area contributed by atoms with Crippen molar-refractivity contribution in [2.75, 3.05) is 13.1 Å². The standard InChI is InChI=1S/C17H22F3NO2/c1-16(2,3)23-15(22)21-8-6-17(20,7-9-21)11-12-4-5-13(18)14(19)10-12/h4-5,10H,6-9,11H2,1-3H3. The Balaban J connectivity index is 1.94. The van der Waals surface area contributed by atoms with Crippen molar-refractivity contribution >= 4 is 6.09 Å². The molecule has 0 radical (unpaired) electrons. The molecule has 0 saturated carbocycles. The molecular weight excluding hydrogens is 307 g/mol. The van der Waals surface area contributed by atoms with E-state index in [9.17, 15) is 18.0 Å². The van der Waals surface area contributed by atoms with Gasteiger partial charge >= 0.3 is 6.09 Å². The molecule has 0 spiro atoms. The van der Waals surface area contributed by atoms with Gasteiger partial charge < -0.3 is 9.64 Å². The number of rotatable bonds is 2. The lowest BCUT2D eigenvalue weighted by Gasteiger charge is -2.37. The van der Waals surface area contributed by atoms with Gasteiger partial charge in [0.25, 0.3) is 0 Å². The predicted molar refractivity (Wildman–Crippen MR) is 80.9 cm³/mol. The van der Waals surface area contributed by atoms with Crippen molar-refractivity contribution in [1.82, 2.24) is 4.90 Å². The van der Waals surface area contributed by atoms with Gasteiger partial charge in [-0.05, 0) is 51.3 Å². The Labute approximate surface area is 134 Å². The molecule has 128 valence electrons. The van der Waals surface area contributed by atoms with Crippen LogP contribution in [-0.2, 0) is 11.2 Å². The summed E-state index contributed by atoms with van der Waals surface area (Å²) in [5.41, 5.74) is -1.70. The highest BCUT2D eigenvalue weighted by Crippen LogP contribution is 2.31. The van der Waals surface area contributed by atoms with Crippen molar-refractivity contribution in [3.05, 3.63) is 35.4 Å². The maximum Gasteiger partial charge on any atom is 0.410 e. The number of benzene rings is 1. The molecule has 0 bridgehead atoms. The molecule has 1 aliphatic heterocycles. The third kappa shape index (κ3) is 4.88. The molecule has 1 amide bonds. The summed E-state index contributed by atoms with van der Waals surface area (Å²) in [7, 11) is 0. The van der Waals surface area contributed by atoms with E-state index in [4.69, 9.17) is 4.74 Å². The first kappa shape index (κ1) is 17.6. The van der Waals surface area contributed by atoms with Crippen molar-refractivity contribution in [1.29, 1.82) is 0 Å². The Morgan fingerprint density at radius 1 is 1.22 bits per heavy atom. The van der Waals surface area contributed by atoms with Gasteiger partial charge in [0.1, 0.15) is 11.3 Å². The van der Waals surface area contributed by atoms with E-state index in [1.54, 1.807) is 20.8 Å². The van der Waals surface area contributed by atoms with E-state index in [1.807, 2.05) is 0 Å². The SMILES string of the molecule is CC(C)(C)OC(=O)N1CCC(F)(Cc2ccc(F)c(F)c2)CC1. The molecule has 23 heavy (non-hydrogen) atoms. The largest absolute Gasteiger partial charge is 0.444 e. The zero-order chi connectivity index (χ0) is 17.3. The highest BCUT2D eigenvalue weighted by molar-refractivity contribution is 5.68. The van der Waals surface area contributed by atoms with E-state index in [0.29, 0.717) is 5.56 Å². The van der Waals surface area contributed by atoms with E-state index >= 15 is 0 Å². The summed E-state index contributed by atoms with van der Waals surface area (Å²) in [6.45, 7) is 5.82. The molecule has 0 aliphatic carbocycles. The van der Waals surface area contributed by atoms with Gasteiger partial charge in [0, 0.05) is 19.5 Å². The number of amides is 1. The average Bonchev–Trinajstić information content (AvgIpc) is 2.41. The molecule has 6 heteroatoms. The quantitative estimate of drug-likeness (QED) is 0.812. The molecule has 1 aromatic rings. The van der Waals surface area contributed by atoms with Crippen LogP contribution in [0.4, 0.5) is 18.0 Å². The molecular formula is C17H22F3NO2. The Kier molecular flexibility index (Phi) is 4.92. The summed E-state index contributed by atoms with van der Waals surface area (Å²) in [5, 5.41) is 0. The average molecular weight is 329 g/mol. The number of alkyl halides is 1. The Hall–Kier alpha value is -1.72. The van der Waals surface area contributed by atoms with Crippen LogP contribution in [0.2, 0.25) is 0 Å². The molecule has 0 aromatic heterocycles. The van der Waals surface area contributed by atoms with Crippen molar-refractivity contribution in [2.24, 2.45) is 0 Å². The molecule has 0 unspecified atom stereocenters. The fourth-order valence-corrected chi connectivity index (χ4v) is 2.61. The molecule has 1 aromatic carbocycles. The lowest BCUT2D eigenvalue weighted by atomic mass is 9.87. The smallest absolute Gasteiger partial charge is 0.410 e. The molecule has 0 atom stereocenters. The van der Waals surface area contributed by atoms with Crippen LogP contribution in [0.1, 0.15) is 39.2 Å². The highest BCUT2D eigenvalue weighted by Gasteiger charge is 2.37. The second-order valence-corrected chi connectivity index (χ2v) is 7.04. The van der Waals surface area contributed by atoms with E-state index < -0.39 is 29.0 Å². The number of hydrogen-bond acceptors (Lipinski definition) is 2. The maximum absolute atomic E-state index is 14.9. The van der Waals surface area contributed by atoms with Crippen molar-refractivity contribution in [3.8, 4) is 0 Å². The van der Waals surface area contributed by atoms with Crippen LogP contribution in [0.15, 0.2) is 18.2 Å². The van der Waals surface area contributed by atoms with Gasteiger partial charge in [-0.1, -0.05) is 6.07 Å². The van der Waals surface area contributed by atoms with E-state index in [-0.39, 0.29) is 32.4 Å². The van der Waals surface area contributed by atoms with Gasteiger partial charge in [0.2, 0.25) is 0 Å². The van der Waals surface area contributed by atoms with Crippen LogP contribution in [0.25, 0.3) is 0 Å². The van der Waals surface area contributed by atoms with Crippen LogP contribution in [-0.4, -0.2) is 35.4 Å². The van der Waals surface area contributed by atoms with Gasteiger partial charge in [-0.25, -0.2) is 18.0 Å². The number of piperidine rings is 1. The first-order valence-electron chi connectivity index (χ1n) is 7.69.